The van der Waals surface area contributed by atoms with E-state index in [-0.39, 0.29) is 47.7 Å². The van der Waals surface area contributed by atoms with Crippen molar-refractivity contribution in [2.75, 3.05) is 25.1 Å². The molecule has 0 bridgehead atoms. The Hall–Kier alpha value is -4.69. The smallest absolute Gasteiger partial charge is 0.348 e. The average Bonchev–Trinajstić information content (AvgIpc) is 3.59. The number of rotatable bonds is 15. The molecule has 2 heterocycles. The number of para-hydroxylation sites is 1. The quantitative estimate of drug-likeness (QED) is 0.133. The van der Waals surface area contributed by atoms with Gasteiger partial charge in [0.15, 0.2) is 17.6 Å². The highest BCUT2D eigenvalue weighted by Gasteiger charge is 2.29. The summed E-state index contributed by atoms with van der Waals surface area (Å²) in [4.78, 5) is 51.5. The summed E-state index contributed by atoms with van der Waals surface area (Å²) in [5, 5.41) is 14.2. The number of anilines is 1. The highest BCUT2D eigenvalue weighted by molar-refractivity contribution is 8.00. The zero-order valence-electron chi connectivity index (χ0n) is 25.9. The number of benzene rings is 2. The first kappa shape index (κ1) is 34.2. The summed E-state index contributed by atoms with van der Waals surface area (Å²) in [6.07, 6.45) is 0. The van der Waals surface area contributed by atoms with E-state index in [9.17, 15) is 19.2 Å². The van der Waals surface area contributed by atoms with E-state index in [1.165, 1.54) is 11.8 Å². The first-order chi connectivity index (χ1) is 22.2. The Labute approximate surface area is 274 Å². The van der Waals surface area contributed by atoms with Crippen LogP contribution in [0.15, 0.2) is 65.8 Å². The number of esters is 2. The monoisotopic (exact) mass is 665 g/mol. The van der Waals surface area contributed by atoms with E-state index in [1.807, 2.05) is 53.1 Å². The van der Waals surface area contributed by atoms with Gasteiger partial charge < -0.3 is 29.4 Å². The summed E-state index contributed by atoms with van der Waals surface area (Å²) in [5.41, 5.74) is 1.46. The van der Waals surface area contributed by atoms with Crippen LogP contribution in [-0.4, -0.2) is 63.6 Å². The van der Waals surface area contributed by atoms with Crippen LogP contribution in [0.5, 0.6) is 5.75 Å². The van der Waals surface area contributed by atoms with Crippen LogP contribution < -0.4 is 15.4 Å². The maximum atomic E-state index is 13.4. The summed E-state index contributed by atoms with van der Waals surface area (Å²) >= 11 is 2.13. The highest BCUT2D eigenvalue weighted by Crippen LogP contribution is 2.35. The SMILES string of the molecule is CCOC(=O)c1sc(NC(=O)[C@H](C)Sc2nnc(CNC(=O)COc3ccccc3)n2Cc2ccccc2)c(C(=O)OCC)c1C. The second kappa shape index (κ2) is 16.6. The molecule has 2 N–H and O–H groups in total. The van der Waals surface area contributed by atoms with E-state index < -0.39 is 23.1 Å². The molecule has 12 nitrogen and oxygen atoms in total. The second-order valence-electron chi connectivity index (χ2n) is 9.80. The molecule has 2 aromatic carbocycles. The van der Waals surface area contributed by atoms with Gasteiger partial charge in [-0.05, 0) is 51.0 Å². The summed E-state index contributed by atoms with van der Waals surface area (Å²) in [7, 11) is 0. The molecule has 0 aliphatic carbocycles. The minimum atomic E-state index is -0.691. The maximum Gasteiger partial charge on any atom is 0.348 e. The number of hydrogen-bond acceptors (Lipinski definition) is 11. The molecular formula is C32H35N5O7S2. The minimum Gasteiger partial charge on any atom is -0.484 e. The van der Waals surface area contributed by atoms with Gasteiger partial charge in [0, 0.05) is 0 Å². The number of hydrogen-bond donors (Lipinski definition) is 2. The summed E-state index contributed by atoms with van der Waals surface area (Å²) < 4.78 is 17.7. The Morgan fingerprint density at radius 3 is 2.26 bits per heavy atom. The third kappa shape index (κ3) is 8.95. The predicted molar refractivity (Wildman–Crippen MR) is 174 cm³/mol. The topological polar surface area (TPSA) is 151 Å². The van der Waals surface area contributed by atoms with E-state index in [0.717, 1.165) is 16.9 Å². The molecule has 0 saturated carbocycles. The van der Waals surface area contributed by atoms with Crippen molar-refractivity contribution in [3.8, 4) is 5.75 Å². The van der Waals surface area contributed by atoms with Crippen molar-refractivity contribution in [3.63, 3.8) is 0 Å². The molecule has 0 unspecified atom stereocenters. The molecule has 0 aliphatic heterocycles. The number of thiophene rings is 1. The van der Waals surface area contributed by atoms with Crippen molar-refractivity contribution < 1.29 is 33.4 Å². The van der Waals surface area contributed by atoms with E-state index in [0.29, 0.717) is 28.8 Å². The second-order valence-corrected chi connectivity index (χ2v) is 12.1. The lowest BCUT2D eigenvalue weighted by molar-refractivity contribution is -0.123. The molecule has 1 atom stereocenters. The first-order valence-electron chi connectivity index (χ1n) is 14.6. The van der Waals surface area contributed by atoms with Gasteiger partial charge in [-0.15, -0.1) is 21.5 Å². The lowest BCUT2D eigenvalue weighted by Crippen LogP contribution is -2.29. The van der Waals surface area contributed by atoms with Gasteiger partial charge in [-0.3, -0.25) is 9.59 Å². The summed E-state index contributed by atoms with van der Waals surface area (Å²) in [6, 6.07) is 18.7. The Kier molecular flexibility index (Phi) is 12.3. The van der Waals surface area contributed by atoms with Crippen LogP contribution in [-0.2, 0) is 32.2 Å². The molecule has 2 amide bonds. The third-order valence-electron chi connectivity index (χ3n) is 6.51. The van der Waals surface area contributed by atoms with Crippen LogP contribution in [0.25, 0.3) is 0 Å². The number of carbonyl (C=O) groups is 4. The number of amides is 2. The Morgan fingerprint density at radius 2 is 1.59 bits per heavy atom. The Bertz CT molecular complexity index is 1660. The van der Waals surface area contributed by atoms with Crippen LogP contribution in [0, 0.1) is 6.92 Å². The van der Waals surface area contributed by atoms with Gasteiger partial charge >= 0.3 is 11.9 Å². The van der Waals surface area contributed by atoms with Crippen molar-refractivity contribution >= 4 is 51.9 Å². The van der Waals surface area contributed by atoms with Crippen molar-refractivity contribution in [1.82, 2.24) is 20.1 Å². The summed E-state index contributed by atoms with van der Waals surface area (Å²) in [5.74, 6) is -0.908. The molecule has 4 rings (SSSR count). The largest absolute Gasteiger partial charge is 0.484 e. The number of ether oxygens (including phenoxy) is 3. The Morgan fingerprint density at radius 1 is 0.935 bits per heavy atom. The Balaban J connectivity index is 1.50. The molecule has 242 valence electrons. The first-order valence-corrected chi connectivity index (χ1v) is 16.3. The molecular weight excluding hydrogens is 631 g/mol. The van der Waals surface area contributed by atoms with Crippen LogP contribution in [0.4, 0.5) is 5.00 Å². The van der Waals surface area contributed by atoms with E-state index in [1.54, 1.807) is 39.8 Å². The van der Waals surface area contributed by atoms with Gasteiger partial charge in [0.2, 0.25) is 5.91 Å². The van der Waals surface area contributed by atoms with Crippen molar-refractivity contribution in [1.29, 1.82) is 0 Å². The zero-order chi connectivity index (χ0) is 33.1. The van der Waals surface area contributed by atoms with Gasteiger partial charge in [0.05, 0.1) is 37.1 Å². The number of aromatic nitrogens is 3. The summed E-state index contributed by atoms with van der Waals surface area (Å²) in [6.45, 7) is 7.28. The van der Waals surface area contributed by atoms with Crippen LogP contribution in [0.1, 0.15) is 57.8 Å². The van der Waals surface area contributed by atoms with E-state index in [4.69, 9.17) is 14.2 Å². The number of thioether (sulfide) groups is 1. The normalized spacial score (nSPS) is 11.4. The molecule has 0 saturated heterocycles. The van der Waals surface area contributed by atoms with Crippen molar-refractivity contribution in [2.24, 2.45) is 0 Å². The molecule has 0 fully saturated rings. The average molecular weight is 666 g/mol. The van der Waals surface area contributed by atoms with Gasteiger partial charge in [0.1, 0.15) is 15.6 Å². The van der Waals surface area contributed by atoms with Gasteiger partial charge in [-0.1, -0.05) is 60.3 Å². The van der Waals surface area contributed by atoms with Crippen molar-refractivity contribution in [2.45, 2.75) is 51.2 Å². The number of nitrogens with zero attached hydrogens (tertiary/aromatic N) is 3. The molecule has 0 radical (unpaired) electrons. The molecule has 0 aliphatic rings. The standard InChI is InChI=1S/C32H35N5O7S2/c1-5-42-30(40)26-20(3)27(31(41)43-6-2)46-29(26)34-28(39)21(4)45-32-36-35-24(37(32)18-22-13-9-7-10-14-22)17-33-25(38)19-44-23-15-11-8-12-16-23/h7-16,21H,5-6,17-19H2,1-4H3,(H,33,38)(H,34,39)/t21-/m0/s1. The van der Waals surface area contributed by atoms with Crippen molar-refractivity contribution in [3.05, 3.63) is 88.1 Å². The fourth-order valence-corrected chi connectivity index (χ4v) is 6.18. The number of nitrogens with one attached hydrogen (secondary N) is 2. The molecule has 4 aromatic rings. The van der Waals surface area contributed by atoms with Crippen LogP contribution >= 0.6 is 23.1 Å². The lowest BCUT2D eigenvalue weighted by Gasteiger charge is -2.14. The molecule has 46 heavy (non-hydrogen) atoms. The van der Waals surface area contributed by atoms with Crippen LogP contribution in [0.3, 0.4) is 0 Å². The third-order valence-corrected chi connectivity index (χ3v) is 8.78. The zero-order valence-corrected chi connectivity index (χ0v) is 27.5. The molecule has 14 heteroatoms. The predicted octanol–water partition coefficient (Wildman–Crippen LogP) is 4.86. The molecule has 2 aromatic heterocycles. The number of carbonyl (C=O) groups excluding carboxylic acids is 4. The van der Waals surface area contributed by atoms with E-state index >= 15 is 0 Å². The van der Waals surface area contributed by atoms with Gasteiger partial charge in [-0.25, -0.2) is 9.59 Å². The lowest BCUT2D eigenvalue weighted by atomic mass is 10.1. The maximum absolute atomic E-state index is 13.4. The highest BCUT2D eigenvalue weighted by atomic mass is 32.2. The fourth-order valence-electron chi connectivity index (χ4n) is 4.22. The minimum absolute atomic E-state index is 0.0892. The van der Waals surface area contributed by atoms with E-state index in [2.05, 4.69) is 20.8 Å². The fraction of sp³-hybridized carbons (Fsp3) is 0.312. The molecule has 0 spiro atoms. The van der Waals surface area contributed by atoms with Gasteiger partial charge in [0.25, 0.3) is 5.91 Å². The van der Waals surface area contributed by atoms with Gasteiger partial charge in [-0.2, -0.15) is 0 Å². The van der Waals surface area contributed by atoms with Crippen LogP contribution in [0.2, 0.25) is 0 Å².